The Kier molecular flexibility index (Phi) is 12.8. The fourth-order valence-corrected chi connectivity index (χ4v) is 6.64. The van der Waals surface area contributed by atoms with E-state index in [1.165, 1.54) is 7.11 Å². The first-order chi connectivity index (χ1) is 22.2. The standard InChI is InChI=1S/C32H38Cl2F6N4O3/c1-46-42-29(19-47-18-20-13-23(31(35,36)37)16-24(14-20)32(38,39)40)26(21-4-5-27(33)28(34)15-21)8-12-43-10-6-25(7-11-43)44-9-2-3-22(17-44)30(41)45/h4-5,13-16,22,25-26H,2-3,6-12,17-19H2,1H3,(H2,41,45)/b42-29+. The monoisotopic (exact) mass is 710 g/mol. The molecule has 2 atom stereocenters. The normalized spacial score (nSPS) is 19.9. The van der Waals surface area contributed by atoms with E-state index >= 15 is 0 Å². The van der Waals surface area contributed by atoms with Crippen LogP contribution in [0.15, 0.2) is 41.6 Å². The number of nitrogens with zero attached hydrogens (tertiary/aromatic N) is 3. The Morgan fingerprint density at radius 1 is 0.979 bits per heavy atom. The molecule has 2 aliphatic heterocycles. The molecule has 2 heterocycles. The predicted octanol–water partition coefficient (Wildman–Crippen LogP) is 7.39. The van der Waals surface area contributed by atoms with E-state index in [1.807, 2.05) is 0 Å². The van der Waals surface area contributed by atoms with Crippen molar-refractivity contribution in [3.63, 3.8) is 0 Å². The molecule has 260 valence electrons. The fourth-order valence-electron chi connectivity index (χ4n) is 6.33. The first-order valence-corrected chi connectivity index (χ1v) is 16.1. The third-order valence-electron chi connectivity index (χ3n) is 8.79. The van der Waals surface area contributed by atoms with Crippen LogP contribution in [0.5, 0.6) is 0 Å². The van der Waals surface area contributed by atoms with E-state index in [2.05, 4.69) is 15.0 Å². The number of ether oxygens (including phenoxy) is 1. The molecule has 7 nitrogen and oxygen atoms in total. The van der Waals surface area contributed by atoms with Gasteiger partial charge in [0.2, 0.25) is 5.91 Å². The first-order valence-electron chi connectivity index (χ1n) is 15.3. The highest BCUT2D eigenvalue weighted by Gasteiger charge is 2.37. The van der Waals surface area contributed by atoms with Crippen molar-refractivity contribution in [3.05, 3.63) is 68.7 Å². The van der Waals surface area contributed by atoms with Crippen molar-refractivity contribution in [2.45, 2.75) is 63.0 Å². The number of benzene rings is 2. The van der Waals surface area contributed by atoms with E-state index in [0.29, 0.717) is 53.4 Å². The third kappa shape index (κ3) is 10.5. The second-order valence-electron chi connectivity index (χ2n) is 12.0. The smallest absolute Gasteiger partial charge is 0.399 e. The second-order valence-corrected chi connectivity index (χ2v) is 12.8. The van der Waals surface area contributed by atoms with Gasteiger partial charge in [0.05, 0.1) is 46.0 Å². The molecule has 2 aromatic carbocycles. The van der Waals surface area contributed by atoms with Crippen LogP contribution in [0.3, 0.4) is 0 Å². The number of halogens is 8. The molecule has 15 heteroatoms. The quantitative estimate of drug-likeness (QED) is 0.141. The molecule has 0 spiro atoms. The van der Waals surface area contributed by atoms with Crippen molar-refractivity contribution >= 4 is 34.8 Å². The summed E-state index contributed by atoms with van der Waals surface area (Å²) in [6.07, 6.45) is -5.75. The van der Waals surface area contributed by atoms with Crippen molar-refractivity contribution in [2.75, 3.05) is 46.4 Å². The van der Waals surface area contributed by atoms with Gasteiger partial charge in [-0.3, -0.25) is 9.69 Å². The largest absolute Gasteiger partial charge is 0.416 e. The van der Waals surface area contributed by atoms with Crippen LogP contribution in [0.4, 0.5) is 26.3 Å². The number of hydrogen-bond donors (Lipinski definition) is 1. The zero-order valence-corrected chi connectivity index (χ0v) is 27.4. The lowest BCUT2D eigenvalue weighted by atomic mass is 9.90. The van der Waals surface area contributed by atoms with Crippen LogP contribution < -0.4 is 5.73 Å². The maximum Gasteiger partial charge on any atom is 0.416 e. The highest BCUT2D eigenvalue weighted by Crippen LogP contribution is 2.37. The van der Waals surface area contributed by atoms with Crippen LogP contribution in [-0.2, 0) is 33.3 Å². The SMILES string of the molecule is CO/N=C(\COCc1cc(C(F)(F)F)cc(C(F)(F)F)c1)C(CCN1CCC(N2CCCC(C(N)=O)C2)CC1)c1ccc(Cl)c(Cl)c1. The molecule has 2 aliphatic rings. The minimum Gasteiger partial charge on any atom is -0.399 e. The molecule has 1 amide bonds. The van der Waals surface area contributed by atoms with Gasteiger partial charge in [-0.2, -0.15) is 26.3 Å². The van der Waals surface area contributed by atoms with Crippen LogP contribution in [0.2, 0.25) is 10.0 Å². The Labute approximate surface area is 279 Å². The highest BCUT2D eigenvalue weighted by atomic mass is 35.5. The number of piperidine rings is 2. The minimum atomic E-state index is -4.97. The summed E-state index contributed by atoms with van der Waals surface area (Å²) in [6.45, 7) is 3.21. The van der Waals surface area contributed by atoms with E-state index in [-0.39, 0.29) is 30.1 Å². The van der Waals surface area contributed by atoms with Crippen LogP contribution in [0.1, 0.15) is 60.3 Å². The summed E-state index contributed by atoms with van der Waals surface area (Å²) in [5.74, 6) is -0.776. The van der Waals surface area contributed by atoms with Crippen molar-refractivity contribution < 1.29 is 40.7 Å². The summed E-state index contributed by atoms with van der Waals surface area (Å²) in [4.78, 5) is 21.5. The van der Waals surface area contributed by atoms with Crippen molar-refractivity contribution in [1.82, 2.24) is 9.80 Å². The van der Waals surface area contributed by atoms with E-state index < -0.39 is 36.0 Å². The number of alkyl halides is 6. The van der Waals surface area contributed by atoms with E-state index in [4.69, 9.17) is 38.5 Å². The molecule has 2 unspecified atom stereocenters. The summed E-state index contributed by atoms with van der Waals surface area (Å²) in [6, 6.07) is 6.84. The molecule has 2 saturated heterocycles. The van der Waals surface area contributed by atoms with Gasteiger partial charge >= 0.3 is 12.4 Å². The number of oxime groups is 1. The third-order valence-corrected chi connectivity index (χ3v) is 9.52. The molecule has 0 bridgehead atoms. The van der Waals surface area contributed by atoms with Gasteiger partial charge in [0.15, 0.2) is 0 Å². The number of rotatable bonds is 12. The summed E-state index contributed by atoms with van der Waals surface area (Å²) >= 11 is 12.5. The average molecular weight is 712 g/mol. The maximum absolute atomic E-state index is 13.4. The number of nitrogens with two attached hydrogens (primary N) is 1. The van der Waals surface area contributed by atoms with Gasteiger partial charge in [0.1, 0.15) is 7.11 Å². The number of likely N-dealkylation sites (tertiary alicyclic amines) is 2. The molecule has 0 aliphatic carbocycles. The van der Waals surface area contributed by atoms with Crippen molar-refractivity contribution in [1.29, 1.82) is 0 Å². The molecule has 0 saturated carbocycles. The van der Waals surface area contributed by atoms with Crippen LogP contribution in [0.25, 0.3) is 0 Å². The number of carbonyl (C=O) groups is 1. The Balaban J connectivity index is 1.45. The fraction of sp³-hybridized carbons (Fsp3) is 0.562. The zero-order valence-electron chi connectivity index (χ0n) is 25.8. The zero-order chi connectivity index (χ0) is 34.4. The summed E-state index contributed by atoms with van der Waals surface area (Å²) in [7, 11) is 1.34. The molecule has 2 N–H and O–H groups in total. The predicted molar refractivity (Wildman–Crippen MR) is 167 cm³/mol. The highest BCUT2D eigenvalue weighted by molar-refractivity contribution is 6.42. The van der Waals surface area contributed by atoms with Gasteiger partial charge in [0.25, 0.3) is 0 Å². The lowest BCUT2D eigenvalue weighted by molar-refractivity contribution is -0.143. The molecule has 0 aromatic heterocycles. The molecule has 2 aromatic rings. The van der Waals surface area contributed by atoms with Gasteiger partial charge in [-0.1, -0.05) is 34.4 Å². The summed E-state index contributed by atoms with van der Waals surface area (Å²) < 4.78 is 85.8. The number of hydrogen-bond acceptors (Lipinski definition) is 6. The second kappa shape index (κ2) is 16.2. The molecule has 4 rings (SSSR count). The van der Waals surface area contributed by atoms with Crippen molar-refractivity contribution in [2.24, 2.45) is 16.8 Å². The lowest BCUT2D eigenvalue weighted by Gasteiger charge is -2.42. The Morgan fingerprint density at radius 2 is 1.64 bits per heavy atom. The van der Waals surface area contributed by atoms with Gasteiger partial charge in [-0.05, 0) is 99.7 Å². The van der Waals surface area contributed by atoms with E-state index in [0.717, 1.165) is 50.9 Å². The van der Waals surface area contributed by atoms with Crippen molar-refractivity contribution in [3.8, 4) is 0 Å². The Hall–Kier alpha value is -2.58. The van der Waals surface area contributed by atoms with Crippen LogP contribution in [-0.4, -0.2) is 73.9 Å². The van der Waals surface area contributed by atoms with Gasteiger partial charge < -0.3 is 20.2 Å². The van der Waals surface area contributed by atoms with Gasteiger partial charge in [-0.15, -0.1) is 0 Å². The van der Waals surface area contributed by atoms with E-state index in [9.17, 15) is 31.1 Å². The number of amides is 1. The molecular weight excluding hydrogens is 673 g/mol. The molecular formula is C32H38Cl2F6N4O3. The van der Waals surface area contributed by atoms with Crippen LogP contribution >= 0.6 is 23.2 Å². The maximum atomic E-state index is 13.4. The number of primary amides is 1. The van der Waals surface area contributed by atoms with Gasteiger partial charge in [0, 0.05) is 18.5 Å². The molecule has 0 radical (unpaired) electrons. The van der Waals surface area contributed by atoms with Gasteiger partial charge in [-0.25, -0.2) is 0 Å². The summed E-state index contributed by atoms with van der Waals surface area (Å²) in [5, 5.41) is 4.81. The molecule has 47 heavy (non-hydrogen) atoms. The summed E-state index contributed by atoms with van der Waals surface area (Å²) in [5.41, 5.74) is 3.58. The topological polar surface area (TPSA) is 80.4 Å². The number of carbonyl (C=O) groups excluding carboxylic acids is 1. The lowest BCUT2D eigenvalue weighted by Crippen LogP contribution is -2.50. The first kappa shape index (κ1) is 37.2. The average Bonchev–Trinajstić information content (AvgIpc) is 3.02. The Morgan fingerprint density at radius 3 is 2.21 bits per heavy atom. The Bertz CT molecular complexity index is 1370. The molecule has 2 fully saturated rings. The minimum absolute atomic E-state index is 0.0781. The van der Waals surface area contributed by atoms with E-state index in [1.54, 1.807) is 18.2 Å². The van der Waals surface area contributed by atoms with Crippen LogP contribution in [0, 0.1) is 5.92 Å².